The molecule has 0 aliphatic carbocycles. The van der Waals surface area contributed by atoms with Gasteiger partial charge in [-0.1, -0.05) is 12.1 Å². The number of carbonyl (C=O) groups is 1. The molecule has 0 amide bonds. The first kappa shape index (κ1) is 16.7. The van der Waals surface area contributed by atoms with Gasteiger partial charge < -0.3 is 9.26 Å². The fraction of sp³-hybridized carbons (Fsp3) is 0.462. The van der Waals surface area contributed by atoms with Crippen molar-refractivity contribution in [1.82, 2.24) is 9.34 Å². The Bertz CT molecular complexity index is 505. The molecule has 0 N–H and O–H groups in total. The normalized spacial score (nSPS) is 11.8. The second-order valence-electron chi connectivity index (χ2n) is 4.49. The minimum atomic E-state index is -3.21. The van der Waals surface area contributed by atoms with Crippen LogP contribution in [0.25, 0.3) is 0 Å². The third kappa shape index (κ3) is 3.60. The molecule has 20 heavy (non-hydrogen) atoms. The van der Waals surface area contributed by atoms with Crippen LogP contribution in [-0.4, -0.2) is 50.1 Å². The van der Waals surface area contributed by atoms with Crippen LogP contribution in [0, 0.1) is 0 Å². The van der Waals surface area contributed by atoms with Crippen molar-refractivity contribution in [2.45, 2.75) is 6.92 Å². The van der Waals surface area contributed by atoms with Crippen molar-refractivity contribution in [3.05, 3.63) is 29.8 Å². The Morgan fingerprint density at radius 2 is 1.70 bits per heavy atom. The van der Waals surface area contributed by atoms with E-state index in [1.165, 1.54) is 9.34 Å². The minimum Gasteiger partial charge on any atom is -0.462 e. The molecule has 0 fully saturated rings. The summed E-state index contributed by atoms with van der Waals surface area (Å²) in [6.07, 6.45) is 0. The predicted molar refractivity (Wildman–Crippen MR) is 78.0 cm³/mol. The maximum atomic E-state index is 12.8. The zero-order valence-electron chi connectivity index (χ0n) is 12.5. The molecule has 0 unspecified atom stereocenters. The van der Waals surface area contributed by atoms with Gasteiger partial charge in [0.05, 0.1) is 6.61 Å². The number of benzene rings is 1. The number of esters is 1. The van der Waals surface area contributed by atoms with Crippen LogP contribution in [0.5, 0.6) is 5.75 Å². The number of hydrogen-bond acceptors (Lipinski definition) is 4. The topological polar surface area (TPSA) is 59.1 Å². The lowest BCUT2D eigenvalue weighted by Gasteiger charge is -2.30. The van der Waals surface area contributed by atoms with E-state index >= 15 is 0 Å². The van der Waals surface area contributed by atoms with Gasteiger partial charge in [-0.15, -0.1) is 0 Å². The highest BCUT2D eigenvalue weighted by Crippen LogP contribution is 2.51. The molecule has 0 radical (unpaired) electrons. The summed E-state index contributed by atoms with van der Waals surface area (Å²) in [7, 11) is 3.43. The number of nitrogens with zero attached hydrogens (tertiary/aromatic N) is 2. The average molecular weight is 300 g/mol. The summed E-state index contributed by atoms with van der Waals surface area (Å²) in [5.41, 5.74) is 0.262. The smallest absolute Gasteiger partial charge is 0.394 e. The van der Waals surface area contributed by atoms with Gasteiger partial charge in [0.15, 0.2) is 0 Å². The fourth-order valence-corrected chi connectivity index (χ4v) is 3.03. The zero-order chi connectivity index (χ0) is 15.3. The van der Waals surface area contributed by atoms with Gasteiger partial charge in [0.1, 0.15) is 11.3 Å². The third-order valence-electron chi connectivity index (χ3n) is 2.61. The molecular weight excluding hydrogens is 279 g/mol. The van der Waals surface area contributed by atoms with Gasteiger partial charge in [-0.25, -0.2) is 18.7 Å². The van der Waals surface area contributed by atoms with Gasteiger partial charge in [-0.3, -0.25) is 0 Å². The SMILES string of the molecule is CCOC(=O)c1ccccc1OP(=O)(N(C)C)N(C)C. The van der Waals surface area contributed by atoms with E-state index in [0.29, 0.717) is 0 Å². The van der Waals surface area contributed by atoms with Gasteiger partial charge in [-0.2, -0.15) is 0 Å². The van der Waals surface area contributed by atoms with E-state index in [1.807, 2.05) is 0 Å². The van der Waals surface area contributed by atoms with E-state index in [4.69, 9.17) is 9.26 Å². The molecule has 112 valence electrons. The number of ether oxygens (including phenoxy) is 1. The Kier molecular flexibility index (Phi) is 5.74. The van der Waals surface area contributed by atoms with Crippen LogP contribution in [0.4, 0.5) is 0 Å². The van der Waals surface area contributed by atoms with E-state index in [1.54, 1.807) is 59.4 Å². The summed E-state index contributed by atoms with van der Waals surface area (Å²) >= 11 is 0. The Morgan fingerprint density at radius 1 is 1.15 bits per heavy atom. The maximum Gasteiger partial charge on any atom is 0.394 e. The highest BCUT2D eigenvalue weighted by Gasteiger charge is 2.32. The molecule has 0 spiro atoms. The molecule has 0 aliphatic heterocycles. The summed E-state index contributed by atoms with van der Waals surface area (Å²) < 4.78 is 26.4. The van der Waals surface area contributed by atoms with Gasteiger partial charge in [0, 0.05) is 0 Å². The number of hydrogen-bond donors (Lipinski definition) is 0. The molecule has 0 atom stereocenters. The second kappa shape index (κ2) is 6.88. The molecule has 0 aliphatic rings. The molecule has 0 saturated carbocycles. The minimum absolute atomic E-state index is 0.247. The standard InChI is InChI=1S/C13H21N2O4P/c1-6-18-13(16)11-9-7-8-10-12(11)19-20(17,14(2)3)15(4)5/h7-10H,6H2,1-5H3. The number of rotatable bonds is 6. The van der Waals surface area contributed by atoms with Crippen molar-refractivity contribution in [3.63, 3.8) is 0 Å². The Morgan fingerprint density at radius 3 is 2.20 bits per heavy atom. The Labute approximate surface area is 119 Å². The van der Waals surface area contributed by atoms with Crippen LogP contribution < -0.4 is 4.52 Å². The quantitative estimate of drug-likeness (QED) is 0.594. The summed E-state index contributed by atoms with van der Waals surface area (Å²) in [5.74, 6) is -0.246. The van der Waals surface area contributed by atoms with Gasteiger partial charge in [0.25, 0.3) is 0 Å². The predicted octanol–water partition coefficient (Wildman–Crippen LogP) is 2.47. The molecule has 0 heterocycles. The van der Waals surface area contributed by atoms with E-state index in [2.05, 4.69) is 0 Å². The second-order valence-corrected chi connectivity index (χ2v) is 7.26. The number of para-hydroxylation sites is 1. The highest BCUT2D eigenvalue weighted by molar-refractivity contribution is 7.54. The molecule has 1 aromatic carbocycles. The van der Waals surface area contributed by atoms with Gasteiger partial charge in [-0.05, 0) is 47.2 Å². The van der Waals surface area contributed by atoms with Crippen molar-refractivity contribution in [3.8, 4) is 5.75 Å². The van der Waals surface area contributed by atoms with Gasteiger partial charge in [0.2, 0.25) is 0 Å². The van der Waals surface area contributed by atoms with E-state index in [9.17, 15) is 9.36 Å². The molecule has 0 bridgehead atoms. The molecule has 7 heteroatoms. The van der Waals surface area contributed by atoms with Crippen molar-refractivity contribution < 1.29 is 18.6 Å². The van der Waals surface area contributed by atoms with Crippen molar-refractivity contribution in [2.24, 2.45) is 0 Å². The first-order valence-electron chi connectivity index (χ1n) is 6.24. The van der Waals surface area contributed by atoms with E-state index in [0.717, 1.165) is 0 Å². The molecule has 1 rings (SSSR count). The zero-order valence-corrected chi connectivity index (χ0v) is 13.4. The van der Waals surface area contributed by atoms with Crippen molar-refractivity contribution in [1.29, 1.82) is 0 Å². The van der Waals surface area contributed by atoms with Crippen LogP contribution in [0.3, 0.4) is 0 Å². The van der Waals surface area contributed by atoms with Crippen LogP contribution in [0.1, 0.15) is 17.3 Å². The first-order valence-corrected chi connectivity index (χ1v) is 7.77. The largest absolute Gasteiger partial charge is 0.462 e. The van der Waals surface area contributed by atoms with Crippen LogP contribution in [0.15, 0.2) is 24.3 Å². The summed E-state index contributed by atoms with van der Waals surface area (Å²) in [6.45, 7) is 2.00. The lowest BCUT2D eigenvalue weighted by molar-refractivity contribution is 0.0524. The molecule has 1 aromatic rings. The van der Waals surface area contributed by atoms with Crippen molar-refractivity contribution in [2.75, 3.05) is 34.8 Å². The lowest BCUT2D eigenvalue weighted by Crippen LogP contribution is -2.25. The Hall–Kier alpha value is -1.36. The molecule has 0 aromatic heterocycles. The summed E-state index contributed by atoms with van der Waals surface area (Å²) in [6, 6.07) is 6.61. The fourth-order valence-electron chi connectivity index (χ4n) is 1.57. The van der Waals surface area contributed by atoms with E-state index < -0.39 is 13.6 Å². The highest BCUT2D eigenvalue weighted by atomic mass is 31.2. The maximum absolute atomic E-state index is 12.8. The lowest BCUT2D eigenvalue weighted by atomic mass is 10.2. The summed E-state index contributed by atoms with van der Waals surface area (Å²) in [4.78, 5) is 11.9. The van der Waals surface area contributed by atoms with Crippen molar-refractivity contribution >= 4 is 13.6 Å². The van der Waals surface area contributed by atoms with Crippen LogP contribution in [0.2, 0.25) is 0 Å². The first-order chi connectivity index (χ1) is 9.32. The molecular formula is C13H21N2O4P. The molecule has 0 saturated heterocycles. The van der Waals surface area contributed by atoms with E-state index in [-0.39, 0.29) is 17.9 Å². The summed E-state index contributed by atoms with van der Waals surface area (Å²) in [5, 5.41) is 0. The van der Waals surface area contributed by atoms with Gasteiger partial charge >= 0.3 is 13.6 Å². The van der Waals surface area contributed by atoms with Crippen LogP contribution >= 0.6 is 7.67 Å². The average Bonchev–Trinajstić information content (AvgIpc) is 2.39. The molecule has 6 nitrogen and oxygen atoms in total. The third-order valence-corrected chi connectivity index (χ3v) is 5.07. The number of carbonyl (C=O) groups excluding carboxylic acids is 1. The van der Waals surface area contributed by atoms with Crippen LogP contribution in [-0.2, 0) is 9.30 Å². The monoisotopic (exact) mass is 300 g/mol. The Balaban J connectivity index is 3.15.